The monoisotopic (exact) mass is 248 g/mol. The van der Waals surface area contributed by atoms with E-state index in [0.717, 1.165) is 17.7 Å². The van der Waals surface area contributed by atoms with Crippen LogP contribution in [0, 0.1) is 12.7 Å². The number of furan rings is 1. The zero-order valence-corrected chi connectivity index (χ0v) is 10.5. The third kappa shape index (κ3) is 2.44. The Kier molecular flexibility index (Phi) is 3.79. The lowest BCUT2D eigenvalue weighted by Gasteiger charge is -2.14. The minimum atomic E-state index is -0.333. The summed E-state index contributed by atoms with van der Waals surface area (Å²) in [7, 11) is 0. The molecule has 3 N–H and O–H groups in total. The van der Waals surface area contributed by atoms with E-state index in [1.54, 1.807) is 13.0 Å². The Balaban J connectivity index is 2.35. The fraction of sp³-hybridized carbons (Fsp3) is 0.286. The predicted molar refractivity (Wildman–Crippen MR) is 68.4 cm³/mol. The second-order valence-electron chi connectivity index (χ2n) is 4.27. The molecule has 0 radical (unpaired) electrons. The van der Waals surface area contributed by atoms with Gasteiger partial charge in [0.1, 0.15) is 23.4 Å². The van der Waals surface area contributed by atoms with Gasteiger partial charge in [-0.15, -0.1) is 0 Å². The zero-order valence-electron chi connectivity index (χ0n) is 10.5. The van der Waals surface area contributed by atoms with Crippen LogP contribution in [0.5, 0.6) is 0 Å². The third-order valence-electron chi connectivity index (χ3n) is 3.01. The van der Waals surface area contributed by atoms with Crippen molar-refractivity contribution in [1.82, 2.24) is 5.43 Å². The molecular formula is C14H17FN2O. The van der Waals surface area contributed by atoms with Crippen LogP contribution >= 0.6 is 0 Å². The van der Waals surface area contributed by atoms with Crippen molar-refractivity contribution in [3.8, 4) is 0 Å². The maximum absolute atomic E-state index is 13.6. The second-order valence-corrected chi connectivity index (χ2v) is 4.27. The van der Waals surface area contributed by atoms with Crippen LogP contribution in [0.3, 0.4) is 0 Å². The Labute approximate surface area is 106 Å². The van der Waals surface area contributed by atoms with Crippen molar-refractivity contribution in [2.75, 3.05) is 0 Å². The van der Waals surface area contributed by atoms with Crippen LogP contribution in [0.15, 0.2) is 34.7 Å². The highest BCUT2D eigenvalue weighted by atomic mass is 19.1. The number of rotatable bonds is 4. The van der Waals surface area contributed by atoms with Gasteiger partial charge in [0.05, 0.1) is 0 Å². The Morgan fingerprint density at radius 3 is 2.67 bits per heavy atom. The molecule has 2 rings (SSSR count). The standard InChI is InChI=1S/C14H17FN2O/c1-3-11-6-7-13(18-11)14(17-16)10-5-4-9(2)12(15)8-10/h4-8,14,17H,3,16H2,1-2H3. The molecule has 0 amide bonds. The van der Waals surface area contributed by atoms with Crippen LogP contribution < -0.4 is 11.3 Å². The molecule has 1 aromatic carbocycles. The van der Waals surface area contributed by atoms with Gasteiger partial charge in [-0.3, -0.25) is 5.84 Å². The zero-order chi connectivity index (χ0) is 13.1. The largest absolute Gasteiger partial charge is 0.464 e. The van der Waals surface area contributed by atoms with Crippen molar-refractivity contribution in [1.29, 1.82) is 0 Å². The summed E-state index contributed by atoms with van der Waals surface area (Å²) in [6.07, 6.45) is 0.819. The van der Waals surface area contributed by atoms with E-state index in [-0.39, 0.29) is 11.9 Å². The highest BCUT2D eigenvalue weighted by molar-refractivity contribution is 5.30. The lowest BCUT2D eigenvalue weighted by molar-refractivity contribution is 0.425. The highest BCUT2D eigenvalue weighted by Gasteiger charge is 2.17. The molecule has 18 heavy (non-hydrogen) atoms. The number of aryl methyl sites for hydroxylation is 2. The molecule has 3 nitrogen and oxygen atoms in total. The smallest absolute Gasteiger partial charge is 0.126 e. The normalized spacial score (nSPS) is 12.7. The molecule has 2 aromatic rings. The van der Waals surface area contributed by atoms with Gasteiger partial charge in [0.15, 0.2) is 0 Å². The van der Waals surface area contributed by atoms with Gasteiger partial charge in [0, 0.05) is 6.42 Å². The highest BCUT2D eigenvalue weighted by Crippen LogP contribution is 2.24. The molecule has 0 spiro atoms. The van der Waals surface area contributed by atoms with Crippen LogP contribution in [-0.4, -0.2) is 0 Å². The molecule has 0 aliphatic carbocycles. The molecule has 96 valence electrons. The van der Waals surface area contributed by atoms with E-state index < -0.39 is 0 Å². The first-order valence-electron chi connectivity index (χ1n) is 5.96. The molecule has 0 aliphatic heterocycles. The van der Waals surface area contributed by atoms with E-state index in [2.05, 4.69) is 5.43 Å². The average molecular weight is 248 g/mol. The van der Waals surface area contributed by atoms with E-state index in [0.29, 0.717) is 11.3 Å². The van der Waals surface area contributed by atoms with E-state index in [9.17, 15) is 4.39 Å². The predicted octanol–water partition coefficient (Wildman–Crippen LogP) is 2.84. The van der Waals surface area contributed by atoms with Crippen molar-refractivity contribution in [2.45, 2.75) is 26.3 Å². The average Bonchev–Trinajstić information content (AvgIpc) is 2.83. The van der Waals surface area contributed by atoms with Gasteiger partial charge >= 0.3 is 0 Å². The van der Waals surface area contributed by atoms with Crippen LogP contribution in [0.2, 0.25) is 0 Å². The summed E-state index contributed by atoms with van der Waals surface area (Å²) in [5.74, 6) is 6.88. The topological polar surface area (TPSA) is 51.2 Å². The summed E-state index contributed by atoms with van der Waals surface area (Å²) in [5, 5.41) is 0. The van der Waals surface area contributed by atoms with Crippen LogP contribution in [0.1, 0.15) is 35.6 Å². The summed E-state index contributed by atoms with van der Waals surface area (Å²) in [6.45, 7) is 3.74. The Morgan fingerprint density at radius 1 is 1.33 bits per heavy atom. The molecule has 0 aliphatic rings. The number of nitrogens with one attached hydrogen (secondary N) is 1. The number of hydrazine groups is 1. The fourth-order valence-electron chi connectivity index (χ4n) is 1.87. The van der Waals surface area contributed by atoms with E-state index in [4.69, 9.17) is 10.3 Å². The third-order valence-corrected chi connectivity index (χ3v) is 3.01. The van der Waals surface area contributed by atoms with Gasteiger partial charge in [0.25, 0.3) is 0 Å². The van der Waals surface area contributed by atoms with Gasteiger partial charge in [-0.1, -0.05) is 19.1 Å². The second kappa shape index (κ2) is 5.33. The molecule has 0 saturated carbocycles. The number of hydrogen-bond acceptors (Lipinski definition) is 3. The molecule has 0 fully saturated rings. The van der Waals surface area contributed by atoms with Crippen LogP contribution in [0.4, 0.5) is 4.39 Å². The Morgan fingerprint density at radius 2 is 2.11 bits per heavy atom. The molecular weight excluding hydrogens is 231 g/mol. The quantitative estimate of drug-likeness (QED) is 0.646. The van der Waals surface area contributed by atoms with Crippen LogP contribution in [0.25, 0.3) is 0 Å². The van der Waals surface area contributed by atoms with Crippen molar-refractivity contribution in [3.05, 3.63) is 58.8 Å². The Hall–Kier alpha value is -1.65. The molecule has 0 bridgehead atoms. The summed E-state index contributed by atoms with van der Waals surface area (Å²) >= 11 is 0. The summed E-state index contributed by atoms with van der Waals surface area (Å²) in [6, 6.07) is 8.50. The van der Waals surface area contributed by atoms with E-state index >= 15 is 0 Å². The molecule has 4 heteroatoms. The maximum atomic E-state index is 13.6. The summed E-state index contributed by atoms with van der Waals surface area (Å²) in [5.41, 5.74) is 4.02. The van der Waals surface area contributed by atoms with Crippen LogP contribution in [-0.2, 0) is 6.42 Å². The van der Waals surface area contributed by atoms with Crippen molar-refractivity contribution in [2.24, 2.45) is 5.84 Å². The van der Waals surface area contributed by atoms with Gasteiger partial charge in [-0.05, 0) is 36.2 Å². The minimum Gasteiger partial charge on any atom is -0.464 e. The number of benzene rings is 1. The molecule has 0 saturated heterocycles. The van der Waals surface area contributed by atoms with E-state index in [1.165, 1.54) is 6.07 Å². The lowest BCUT2D eigenvalue weighted by Crippen LogP contribution is -2.28. The van der Waals surface area contributed by atoms with Crippen molar-refractivity contribution in [3.63, 3.8) is 0 Å². The lowest BCUT2D eigenvalue weighted by atomic mass is 10.0. The maximum Gasteiger partial charge on any atom is 0.126 e. The summed E-state index contributed by atoms with van der Waals surface area (Å²) < 4.78 is 19.2. The number of nitrogens with two attached hydrogens (primary N) is 1. The van der Waals surface area contributed by atoms with Gasteiger partial charge < -0.3 is 4.42 Å². The molecule has 1 heterocycles. The first kappa shape index (κ1) is 12.8. The molecule has 1 atom stereocenters. The summed E-state index contributed by atoms with van der Waals surface area (Å²) in [4.78, 5) is 0. The first-order valence-corrected chi connectivity index (χ1v) is 5.96. The molecule has 1 aromatic heterocycles. The van der Waals surface area contributed by atoms with E-state index in [1.807, 2.05) is 25.1 Å². The van der Waals surface area contributed by atoms with Gasteiger partial charge in [0.2, 0.25) is 0 Å². The fourth-order valence-corrected chi connectivity index (χ4v) is 1.87. The number of hydrogen-bond donors (Lipinski definition) is 2. The van der Waals surface area contributed by atoms with Crippen molar-refractivity contribution >= 4 is 0 Å². The van der Waals surface area contributed by atoms with Crippen molar-refractivity contribution < 1.29 is 8.81 Å². The number of halogens is 1. The first-order chi connectivity index (χ1) is 8.65. The minimum absolute atomic E-state index is 0.241. The van der Waals surface area contributed by atoms with Gasteiger partial charge in [-0.25, -0.2) is 9.82 Å². The SMILES string of the molecule is CCc1ccc(C(NN)c2ccc(C)c(F)c2)o1. The molecule has 1 unspecified atom stereocenters. The van der Waals surface area contributed by atoms with Gasteiger partial charge in [-0.2, -0.15) is 0 Å². The Bertz CT molecular complexity index is 536.